The van der Waals surface area contributed by atoms with Crippen molar-refractivity contribution in [1.29, 1.82) is 0 Å². The Balaban J connectivity index is 1.73. The second-order valence-electron chi connectivity index (χ2n) is 5.22. The van der Waals surface area contributed by atoms with Gasteiger partial charge in [-0.05, 0) is 33.9 Å². The number of fused-ring (bicyclic) bond motifs is 1. The smallest absolute Gasteiger partial charge is 0.0704 e. The Kier molecular flexibility index (Phi) is 4.61. The summed E-state index contributed by atoms with van der Waals surface area (Å²) < 4.78 is 10.9. The van der Waals surface area contributed by atoms with Crippen molar-refractivity contribution in [3.05, 3.63) is 42.5 Å². The van der Waals surface area contributed by atoms with Gasteiger partial charge < -0.3 is 9.47 Å². The Morgan fingerprint density at radius 1 is 1.10 bits per heavy atom. The highest BCUT2D eigenvalue weighted by atomic mass is 32.2. The Morgan fingerprint density at radius 2 is 1.95 bits per heavy atom. The predicted octanol–water partition coefficient (Wildman–Crippen LogP) is 3.64. The molecule has 2 aromatic carbocycles. The topological polar surface area (TPSA) is 18.5 Å². The van der Waals surface area contributed by atoms with Crippen LogP contribution in [0.1, 0.15) is 6.42 Å². The van der Waals surface area contributed by atoms with Crippen LogP contribution in [-0.4, -0.2) is 37.9 Å². The fourth-order valence-corrected chi connectivity index (χ4v) is 5.71. The lowest BCUT2D eigenvalue weighted by Crippen LogP contribution is -2.15. The van der Waals surface area contributed by atoms with Crippen LogP contribution >= 0.6 is 10.9 Å². The summed E-state index contributed by atoms with van der Waals surface area (Å²) >= 11 is 0. The zero-order chi connectivity index (χ0) is 13.8. The zero-order valence-corrected chi connectivity index (χ0v) is 12.8. The zero-order valence-electron chi connectivity index (χ0n) is 11.9. The van der Waals surface area contributed by atoms with Crippen LogP contribution in [-0.2, 0) is 9.47 Å². The van der Waals surface area contributed by atoms with Crippen molar-refractivity contribution in [2.45, 2.75) is 17.4 Å². The van der Waals surface area contributed by atoms with Crippen molar-refractivity contribution in [2.24, 2.45) is 0 Å². The summed E-state index contributed by atoms with van der Waals surface area (Å²) in [4.78, 5) is 1.55. The number of hydrogen-bond donors (Lipinski definition) is 1. The molecule has 0 aliphatic carbocycles. The molecule has 3 heteroatoms. The Labute approximate surface area is 123 Å². The van der Waals surface area contributed by atoms with Gasteiger partial charge in [-0.15, -0.1) is 0 Å². The van der Waals surface area contributed by atoms with Crippen LogP contribution in [0.3, 0.4) is 0 Å². The monoisotopic (exact) mass is 290 g/mol. The van der Waals surface area contributed by atoms with E-state index in [-0.39, 0.29) is 10.9 Å². The van der Waals surface area contributed by atoms with E-state index in [4.69, 9.17) is 9.47 Å². The molecule has 108 valence electrons. The maximum absolute atomic E-state index is 5.90. The molecule has 3 rings (SSSR count). The molecule has 0 bridgehead atoms. The number of ether oxygens (including phenoxy) is 2. The number of methoxy groups -OCH3 is 1. The number of thiol groups is 1. The second-order valence-corrected chi connectivity index (χ2v) is 7.59. The Morgan fingerprint density at radius 3 is 2.85 bits per heavy atom. The number of benzene rings is 2. The van der Waals surface area contributed by atoms with Crippen LogP contribution in [0.15, 0.2) is 47.4 Å². The SMILES string of the molecule is COCCOC1CC[SH](c2cccc3ccccc23)C1. The molecule has 2 nitrogen and oxygen atoms in total. The van der Waals surface area contributed by atoms with Crippen LogP contribution in [0.2, 0.25) is 0 Å². The molecular formula is C17H22O2S. The first-order valence-corrected chi connectivity index (χ1v) is 8.93. The highest BCUT2D eigenvalue weighted by Crippen LogP contribution is 2.46. The quantitative estimate of drug-likeness (QED) is 0.669. The first kappa shape index (κ1) is 13.9. The van der Waals surface area contributed by atoms with E-state index in [9.17, 15) is 0 Å². The Bertz CT molecular complexity index is 564. The summed E-state index contributed by atoms with van der Waals surface area (Å²) in [6.07, 6.45) is 1.62. The van der Waals surface area contributed by atoms with Crippen LogP contribution in [0.4, 0.5) is 0 Å². The van der Waals surface area contributed by atoms with Gasteiger partial charge in [-0.25, -0.2) is 10.9 Å². The van der Waals surface area contributed by atoms with Gasteiger partial charge in [0, 0.05) is 12.9 Å². The van der Waals surface area contributed by atoms with E-state index >= 15 is 0 Å². The molecule has 2 unspecified atom stereocenters. The molecule has 20 heavy (non-hydrogen) atoms. The minimum atomic E-state index is -0.0660. The van der Waals surface area contributed by atoms with Gasteiger partial charge in [-0.3, -0.25) is 0 Å². The summed E-state index contributed by atoms with van der Waals surface area (Å²) in [7, 11) is 1.66. The molecular weight excluding hydrogens is 268 g/mol. The number of rotatable bonds is 5. The van der Waals surface area contributed by atoms with Gasteiger partial charge in [0.1, 0.15) is 0 Å². The van der Waals surface area contributed by atoms with Crippen LogP contribution < -0.4 is 0 Å². The average molecular weight is 290 g/mol. The lowest BCUT2D eigenvalue weighted by Gasteiger charge is -2.18. The standard InChI is InChI=1S/C17H22O2S/c1-18-10-11-19-15-9-12-20(13-15)17-8-4-6-14-5-2-3-7-16(14)17/h2-8,15,20H,9-13H2,1H3. The largest absolute Gasteiger partial charge is 0.382 e. The normalized spacial score (nSPS) is 24.2. The lowest BCUT2D eigenvalue weighted by molar-refractivity contribution is 0.0301. The molecule has 1 saturated heterocycles. The third kappa shape index (κ3) is 3.00. The molecule has 0 radical (unpaired) electrons. The highest BCUT2D eigenvalue weighted by Gasteiger charge is 2.24. The van der Waals surface area contributed by atoms with Crippen molar-refractivity contribution in [3.63, 3.8) is 0 Å². The fraction of sp³-hybridized carbons (Fsp3) is 0.412. The van der Waals surface area contributed by atoms with Gasteiger partial charge in [0.25, 0.3) is 0 Å². The van der Waals surface area contributed by atoms with Gasteiger partial charge in [0.05, 0.1) is 19.3 Å². The van der Waals surface area contributed by atoms with Crippen LogP contribution in [0.5, 0.6) is 0 Å². The lowest BCUT2D eigenvalue weighted by atomic mass is 10.1. The van der Waals surface area contributed by atoms with Crippen molar-refractivity contribution in [1.82, 2.24) is 0 Å². The third-order valence-corrected chi connectivity index (χ3v) is 6.61. The summed E-state index contributed by atoms with van der Waals surface area (Å²) in [6.45, 7) is 1.42. The molecule has 1 heterocycles. The van der Waals surface area contributed by atoms with Gasteiger partial charge in [0.15, 0.2) is 0 Å². The van der Waals surface area contributed by atoms with Gasteiger partial charge in [-0.2, -0.15) is 0 Å². The molecule has 0 aromatic heterocycles. The summed E-state index contributed by atoms with van der Waals surface area (Å²) in [5.41, 5.74) is 0. The molecule has 0 saturated carbocycles. The highest BCUT2D eigenvalue weighted by molar-refractivity contribution is 8.17. The molecule has 1 fully saturated rings. The summed E-state index contributed by atoms with van der Waals surface area (Å²) in [5, 5.41) is 2.79. The van der Waals surface area contributed by atoms with Crippen molar-refractivity contribution in [3.8, 4) is 0 Å². The van der Waals surface area contributed by atoms with E-state index in [1.807, 2.05) is 0 Å². The molecule has 2 atom stereocenters. The second kappa shape index (κ2) is 6.61. The molecule has 1 aliphatic rings. The van der Waals surface area contributed by atoms with Crippen molar-refractivity contribution in [2.75, 3.05) is 31.8 Å². The molecule has 0 N–H and O–H groups in total. The molecule has 2 aromatic rings. The van der Waals surface area contributed by atoms with E-state index in [2.05, 4.69) is 42.5 Å². The Hall–Kier alpha value is -1.03. The first-order chi connectivity index (χ1) is 9.88. The van der Waals surface area contributed by atoms with Crippen molar-refractivity contribution >= 4 is 21.7 Å². The average Bonchev–Trinajstić information content (AvgIpc) is 2.96. The van der Waals surface area contributed by atoms with E-state index in [0.29, 0.717) is 12.7 Å². The summed E-state index contributed by atoms with van der Waals surface area (Å²) in [6, 6.07) is 15.4. The van der Waals surface area contributed by atoms with Gasteiger partial charge >= 0.3 is 0 Å². The number of hydrogen-bond acceptors (Lipinski definition) is 2. The molecule has 0 spiro atoms. The van der Waals surface area contributed by atoms with Crippen molar-refractivity contribution < 1.29 is 9.47 Å². The fourth-order valence-electron chi connectivity index (χ4n) is 2.87. The van der Waals surface area contributed by atoms with E-state index < -0.39 is 0 Å². The maximum Gasteiger partial charge on any atom is 0.0704 e. The van der Waals surface area contributed by atoms with E-state index in [1.54, 1.807) is 12.0 Å². The molecule has 0 amide bonds. The van der Waals surface area contributed by atoms with Crippen LogP contribution in [0.25, 0.3) is 10.8 Å². The van der Waals surface area contributed by atoms with E-state index in [0.717, 1.165) is 6.61 Å². The predicted molar refractivity (Wildman–Crippen MR) is 87.2 cm³/mol. The van der Waals surface area contributed by atoms with Gasteiger partial charge in [0.2, 0.25) is 0 Å². The maximum atomic E-state index is 5.90. The first-order valence-electron chi connectivity index (χ1n) is 7.22. The van der Waals surface area contributed by atoms with Gasteiger partial charge in [-0.1, -0.05) is 36.4 Å². The molecule has 1 aliphatic heterocycles. The third-order valence-electron chi connectivity index (χ3n) is 3.89. The van der Waals surface area contributed by atoms with E-state index in [1.165, 1.54) is 28.7 Å². The minimum Gasteiger partial charge on any atom is -0.382 e. The van der Waals surface area contributed by atoms with Crippen LogP contribution in [0, 0.1) is 0 Å². The minimum absolute atomic E-state index is 0.0660. The summed E-state index contributed by atoms with van der Waals surface area (Å²) in [5.74, 6) is 2.49.